The summed E-state index contributed by atoms with van der Waals surface area (Å²) >= 11 is 1.39. The number of fused-ring (bicyclic) bond motifs is 1. The van der Waals surface area contributed by atoms with Crippen molar-refractivity contribution >= 4 is 32.7 Å². The van der Waals surface area contributed by atoms with Gasteiger partial charge < -0.3 is 4.90 Å². The molecule has 0 aliphatic carbocycles. The Morgan fingerprint density at radius 1 is 1.33 bits per heavy atom. The third-order valence-corrected chi connectivity index (χ3v) is 7.50. The van der Waals surface area contributed by atoms with Gasteiger partial charge in [-0.05, 0) is 24.1 Å². The van der Waals surface area contributed by atoms with Crippen molar-refractivity contribution in [2.24, 2.45) is 4.99 Å². The topological polar surface area (TPSA) is 66.8 Å². The van der Waals surface area contributed by atoms with E-state index in [2.05, 4.69) is 4.99 Å². The minimum Gasteiger partial charge on any atom is -0.346 e. The molecule has 2 atom stereocenters. The molecule has 5 nitrogen and oxygen atoms in total. The predicted molar refractivity (Wildman–Crippen MR) is 93.4 cm³/mol. The number of benzene rings is 1. The van der Waals surface area contributed by atoms with Gasteiger partial charge in [0, 0.05) is 18.2 Å². The van der Waals surface area contributed by atoms with E-state index >= 15 is 0 Å². The molecule has 0 N–H and O–H groups in total. The van der Waals surface area contributed by atoms with Crippen molar-refractivity contribution in [3.8, 4) is 0 Å². The number of halogens is 1. The van der Waals surface area contributed by atoms with Crippen LogP contribution in [-0.4, -0.2) is 53.7 Å². The van der Waals surface area contributed by atoms with E-state index < -0.39 is 9.84 Å². The SMILES string of the molecule is CCC(=O)N=C1S[C@@H]2CS(=O)(=O)C[C@@H]2N1CCc1ccc(F)cc1. The number of hydrogen-bond acceptors (Lipinski definition) is 4. The van der Waals surface area contributed by atoms with Gasteiger partial charge in [-0.3, -0.25) is 4.79 Å². The number of carbonyl (C=O) groups excluding carboxylic acids is 1. The Morgan fingerprint density at radius 2 is 2.04 bits per heavy atom. The van der Waals surface area contributed by atoms with E-state index in [0.717, 1.165) is 5.56 Å². The normalized spacial score (nSPS) is 26.8. The lowest BCUT2D eigenvalue weighted by atomic mass is 10.1. The second-order valence-corrected chi connectivity index (χ2v) is 9.37. The van der Waals surface area contributed by atoms with Gasteiger partial charge in [-0.15, -0.1) is 0 Å². The number of hydrogen-bond donors (Lipinski definition) is 0. The van der Waals surface area contributed by atoms with Crippen LogP contribution >= 0.6 is 11.8 Å². The molecular weight excluding hydrogens is 351 g/mol. The Morgan fingerprint density at radius 3 is 2.71 bits per heavy atom. The highest BCUT2D eigenvalue weighted by Gasteiger charge is 2.48. The highest BCUT2D eigenvalue weighted by atomic mass is 32.2. The first-order valence-electron chi connectivity index (χ1n) is 7.87. The van der Waals surface area contributed by atoms with Crippen molar-refractivity contribution in [3.05, 3.63) is 35.6 Å². The lowest BCUT2D eigenvalue weighted by Gasteiger charge is -2.24. The largest absolute Gasteiger partial charge is 0.346 e. The van der Waals surface area contributed by atoms with E-state index in [1.807, 2.05) is 4.90 Å². The second kappa shape index (κ2) is 6.84. The van der Waals surface area contributed by atoms with Crippen molar-refractivity contribution < 1.29 is 17.6 Å². The molecule has 0 radical (unpaired) electrons. The molecule has 2 heterocycles. The van der Waals surface area contributed by atoms with Gasteiger partial charge in [0.05, 0.1) is 17.5 Å². The average Bonchev–Trinajstić information content (AvgIpc) is 2.98. The number of carbonyl (C=O) groups is 1. The lowest BCUT2D eigenvalue weighted by Crippen LogP contribution is -2.39. The molecule has 2 aliphatic rings. The first-order valence-corrected chi connectivity index (χ1v) is 10.6. The van der Waals surface area contributed by atoms with E-state index in [9.17, 15) is 17.6 Å². The van der Waals surface area contributed by atoms with Gasteiger partial charge in [-0.25, -0.2) is 12.8 Å². The number of aliphatic imine (C=N–C) groups is 1. The molecule has 2 fully saturated rings. The summed E-state index contributed by atoms with van der Waals surface area (Å²) in [5, 5.41) is 0.556. The van der Waals surface area contributed by atoms with Crippen molar-refractivity contribution in [1.29, 1.82) is 0 Å². The fourth-order valence-corrected chi connectivity index (χ4v) is 6.98. The van der Waals surface area contributed by atoms with E-state index in [-0.39, 0.29) is 34.5 Å². The monoisotopic (exact) mass is 370 g/mol. The van der Waals surface area contributed by atoms with Crippen LogP contribution in [0.2, 0.25) is 0 Å². The molecule has 0 saturated carbocycles. The Labute approximate surface area is 145 Å². The first-order chi connectivity index (χ1) is 11.4. The third-order valence-electron chi connectivity index (χ3n) is 4.25. The molecule has 8 heteroatoms. The Kier molecular flexibility index (Phi) is 4.96. The lowest BCUT2D eigenvalue weighted by molar-refractivity contribution is -0.117. The van der Waals surface area contributed by atoms with Crippen LogP contribution in [0, 0.1) is 5.82 Å². The zero-order valence-electron chi connectivity index (χ0n) is 13.3. The summed E-state index contributed by atoms with van der Waals surface area (Å²) < 4.78 is 36.8. The standard InChI is InChI=1S/C16H19FN2O3S2/c1-2-15(20)18-16-19(8-7-11-3-5-12(17)6-4-11)13-9-24(21,22)10-14(13)23-16/h3-6,13-14H,2,7-10H2,1H3/t13-,14+/m0/s1. The number of sulfone groups is 1. The maximum Gasteiger partial charge on any atom is 0.247 e. The molecule has 1 aromatic rings. The van der Waals surface area contributed by atoms with Gasteiger partial charge in [-0.1, -0.05) is 30.8 Å². The molecule has 130 valence electrons. The molecule has 1 aromatic carbocycles. The first kappa shape index (κ1) is 17.4. The maximum absolute atomic E-state index is 13.0. The molecule has 2 saturated heterocycles. The number of thioether (sulfide) groups is 1. The van der Waals surface area contributed by atoms with Crippen LogP contribution in [0.5, 0.6) is 0 Å². The minimum absolute atomic E-state index is 0.0633. The number of amides is 1. The van der Waals surface area contributed by atoms with E-state index in [4.69, 9.17) is 0 Å². The molecule has 24 heavy (non-hydrogen) atoms. The van der Waals surface area contributed by atoms with Gasteiger partial charge in [0.2, 0.25) is 5.91 Å². The van der Waals surface area contributed by atoms with Crippen LogP contribution in [0.15, 0.2) is 29.3 Å². The van der Waals surface area contributed by atoms with E-state index in [1.54, 1.807) is 19.1 Å². The predicted octanol–water partition coefficient (Wildman–Crippen LogP) is 1.88. The van der Waals surface area contributed by atoms with Crippen LogP contribution in [0.4, 0.5) is 4.39 Å². The van der Waals surface area contributed by atoms with Crippen LogP contribution in [0.1, 0.15) is 18.9 Å². The molecule has 0 unspecified atom stereocenters. The zero-order chi connectivity index (χ0) is 17.3. The zero-order valence-corrected chi connectivity index (χ0v) is 14.9. The van der Waals surface area contributed by atoms with E-state index in [1.165, 1.54) is 23.9 Å². The Bertz CT molecular complexity index is 762. The maximum atomic E-state index is 13.0. The minimum atomic E-state index is -3.04. The number of nitrogens with zero attached hydrogens (tertiary/aromatic N) is 2. The highest BCUT2D eigenvalue weighted by molar-refractivity contribution is 8.15. The summed E-state index contributed by atoms with van der Waals surface area (Å²) in [4.78, 5) is 17.8. The third kappa shape index (κ3) is 3.80. The van der Waals surface area contributed by atoms with Gasteiger partial charge >= 0.3 is 0 Å². The van der Waals surface area contributed by atoms with Crippen LogP contribution in [0.3, 0.4) is 0 Å². The summed E-state index contributed by atoms with van der Waals surface area (Å²) in [5.41, 5.74) is 0.965. The van der Waals surface area contributed by atoms with Crippen molar-refractivity contribution in [2.75, 3.05) is 18.1 Å². The molecule has 2 aliphatic heterocycles. The van der Waals surface area contributed by atoms with Crippen molar-refractivity contribution in [1.82, 2.24) is 4.90 Å². The van der Waals surface area contributed by atoms with Gasteiger partial charge in [-0.2, -0.15) is 4.99 Å². The summed E-state index contributed by atoms with van der Waals surface area (Å²) in [6.07, 6.45) is 0.965. The highest BCUT2D eigenvalue weighted by Crippen LogP contribution is 2.38. The Hall–Kier alpha value is -1.41. The Balaban J connectivity index is 1.78. The number of rotatable bonds is 4. The average molecular weight is 370 g/mol. The summed E-state index contributed by atoms with van der Waals surface area (Å²) in [6, 6.07) is 6.12. The molecule has 1 amide bonds. The summed E-state index contributed by atoms with van der Waals surface area (Å²) in [5.74, 6) is -0.248. The van der Waals surface area contributed by atoms with Gasteiger partial charge in [0.1, 0.15) is 5.82 Å². The van der Waals surface area contributed by atoms with Crippen molar-refractivity contribution in [2.45, 2.75) is 31.1 Å². The smallest absolute Gasteiger partial charge is 0.247 e. The van der Waals surface area contributed by atoms with Gasteiger partial charge in [0.15, 0.2) is 15.0 Å². The van der Waals surface area contributed by atoms with Crippen LogP contribution in [0.25, 0.3) is 0 Å². The fraction of sp³-hybridized carbons (Fsp3) is 0.500. The fourth-order valence-electron chi connectivity index (χ4n) is 2.98. The van der Waals surface area contributed by atoms with Crippen LogP contribution < -0.4 is 0 Å². The van der Waals surface area contributed by atoms with Gasteiger partial charge in [0.25, 0.3) is 0 Å². The second-order valence-electron chi connectivity index (χ2n) is 6.01. The molecule has 0 aromatic heterocycles. The summed E-state index contributed by atoms with van der Waals surface area (Å²) in [6.45, 7) is 2.31. The molecule has 0 spiro atoms. The summed E-state index contributed by atoms with van der Waals surface area (Å²) in [7, 11) is -3.04. The number of amidine groups is 1. The molecular formula is C16H19FN2O3S2. The molecule has 0 bridgehead atoms. The van der Waals surface area contributed by atoms with E-state index in [0.29, 0.717) is 24.6 Å². The quantitative estimate of drug-likeness (QED) is 0.810. The van der Waals surface area contributed by atoms with Crippen LogP contribution in [-0.2, 0) is 21.1 Å². The molecule has 3 rings (SSSR count). The van der Waals surface area contributed by atoms with Crippen molar-refractivity contribution in [3.63, 3.8) is 0 Å².